The average molecular weight is 269 g/mol. The predicted molar refractivity (Wildman–Crippen MR) is 70.9 cm³/mol. The van der Waals surface area contributed by atoms with Crippen molar-refractivity contribution in [1.29, 1.82) is 0 Å². The molecule has 1 atom stereocenters. The molecule has 108 valence electrons. The molecule has 2 heterocycles. The Bertz CT molecular complexity index is 340. The molecule has 0 bridgehead atoms. The minimum absolute atomic E-state index is 0.136. The number of piperidine rings is 1. The Labute approximate surface area is 113 Å². The summed E-state index contributed by atoms with van der Waals surface area (Å²) >= 11 is 0. The van der Waals surface area contributed by atoms with E-state index in [0.717, 1.165) is 45.3 Å². The standard InChI is InChI=1S/C13H23N3O3/c1-14-9-12(17)15-7-4-10(5-8-15)16-6-2-3-11(16)13(18)19/h10-11,14H,2-9H2,1H3,(H,18,19). The summed E-state index contributed by atoms with van der Waals surface area (Å²) < 4.78 is 0. The molecule has 2 N–H and O–H groups in total. The highest BCUT2D eigenvalue weighted by Gasteiger charge is 2.37. The van der Waals surface area contributed by atoms with Crippen molar-refractivity contribution < 1.29 is 14.7 Å². The number of carboxylic acids is 1. The first kappa shape index (κ1) is 14.3. The van der Waals surface area contributed by atoms with Gasteiger partial charge in [0.15, 0.2) is 0 Å². The smallest absolute Gasteiger partial charge is 0.320 e. The Morgan fingerprint density at radius 3 is 2.47 bits per heavy atom. The van der Waals surface area contributed by atoms with E-state index in [-0.39, 0.29) is 11.9 Å². The van der Waals surface area contributed by atoms with Gasteiger partial charge in [0.05, 0.1) is 6.54 Å². The lowest BCUT2D eigenvalue weighted by Crippen LogP contribution is -2.51. The van der Waals surface area contributed by atoms with Gasteiger partial charge in [0.1, 0.15) is 6.04 Å². The average Bonchev–Trinajstić information content (AvgIpc) is 2.88. The van der Waals surface area contributed by atoms with Gasteiger partial charge in [-0.3, -0.25) is 14.5 Å². The van der Waals surface area contributed by atoms with Crippen molar-refractivity contribution >= 4 is 11.9 Å². The quantitative estimate of drug-likeness (QED) is 0.736. The molecule has 2 aliphatic rings. The number of likely N-dealkylation sites (tertiary alicyclic amines) is 2. The number of hydrogen-bond acceptors (Lipinski definition) is 4. The molecular weight excluding hydrogens is 246 g/mol. The third-order valence-electron chi connectivity index (χ3n) is 4.19. The summed E-state index contributed by atoms with van der Waals surface area (Å²) in [5, 5.41) is 12.1. The monoisotopic (exact) mass is 269 g/mol. The fourth-order valence-electron chi connectivity index (χ4n) is 3.20. The Morgan fingerprint density at radius 2 is 1.89 bits per heavy atom. The normalized spacial score (nSPS) is 25.7. The van der Waals surface area contributed by atoms with Crippen LogP contribution in [0.5, 0.6) is 0 Å². The second-order valence-corrected chi connectivity index (χ2v) is 5.38. The number of rotatable bonds is 4. The minimum atomic E-state index is -0.703. The fraction of sp³-hybridized carbons (Fsp3) is 0.846. The van der Waals surface area contributed by atoms with Crippen molar-refractivity contribution in [3.05, 3.63) is 0 Å². The molecule has 6 nitrogen and oxygen atoms in total. The molecule has 2 rings (SSSR count). The van der Waals surface area contributed by atoms with E-state index in [1.165, 1.54) is 0 Å². The molecule has 0 aromatic carbocycles. The third kappa shape index (κ3) is 3.25. The first-order valence-electron chi connectivity index (χ1n) is 7.04. The SMILES string of the molecule is CNCC(=O)N1CCC(N2CCCC2C(=O)O)CC1. The maximum Gasteiger partial charge on any atom is 0.320 e. The molecule has 0 saturated carbocycles. The lowest BCUT2D eigenvalue weighted by molar-refractivity contribution is -0.144. The Hall–Kier alpha value is -1.14. The second-order valence-electron chi connectivity index (χ2n) is 5.38. The van der Waals surface area contributed by atoms with E-state index >= 15 is 0 Å². The minimum Gasteiger partial charge on any atom is -0.480 e. The van der Waals surface area contributed by atoms with Crippen LogP contribution in [-0.2, 0) is 9.59 Å². The fourth-order valence-corrected chi connectivity index (χ4v) is 3.20. The highest BCUT2D eigenvalue weighted by molar-refractivity contribution is 5.78. The van der Waals surface area contributed by atoms with Gasteiger partial charge in [-0.1, -0.05) is 0 Å². The first-order chi connectivity index (χ1) is 9.13. The van der Waals surface area contributed by atoms with E-state index < -0.39 is 5.97 Å². The molecule has 1 amide bonds. The summed E-state index contributed by atoms with van der Waals surface area (Å²) in [5.41, 5.74) is 0. The van der Waals surface area contributed by atoms with Gasteiger partial charge >= 0.3 is 5.97 Å². The molecule has 2 saturated heterocycles. The van der Waals surface area contributed by atoms with E-state index in [0.29, 0.717) is 12.6 Å². The first-order valence-corrected chi connectivity index (χ1v) is 7.04. The van der Waals surface area contributed by atoms with Crippen molar-refractivity contribution in [2.45, 2.75) is 37.8 Å². The number of carbonyl (C=O) groups excluding carboxylic acids is 1. The molecule has 0 aromatic heterocycles. The predicted octanol–water partition coefficient (Wildman–Crippen LogP) is -0.254. The molecular formula is C13H23N3O3. The van der Waals surface area contributed by atoms with Gasteiger partial charge in [0.2, 0.25) is 5.91 Å². The van der Waals surface area contributed by atoms with Crippen molar-refractivity contribution in [3.8, 4) is 0 Å². The summed E-state index contributed by atoms with van der Waals surface area (Å²) in [7, 11) is 1.77. The van der Waals surface area contributed by atoms with Crippen LogP contribution in [0.25, 0.3) is 0 Å². The maximum atomic E-state index is 11.8. The molecule has 0 spiro atoms. The van der Waals surface area contributed by atoms with Gasteiger partial charge in [0.25, 0.3) is 0 Å². The van der Waals surface area contributed by atoms with Crippen LogP contribution in [0, 0.1) is 0 Å². The van der Waals surface area contributed by atoms with Crippen LogP contribution in [0.15, 0.2) is 0 Å². The number of amides is 1. The van der Waals surface area contributed by atoms with Crippen LogP contribution in [0.1, 0.15) is 25.7 Å². The molecule has 0 aromatic rings. The second kappa shape index (κ2) is 6.34. The Kier molecular flexibility index (Phi) is 4.76. The van der Waals surface area contributed by atoms with Crippen LogP contribution < -0.4 is 5.32 Å². The Morgan fingerprint density at radius 1 is 1.21 bits per heavy atom. The van der Waals surface area contributed by atoms with Crippen molar-refractivity contribution in [3.63, 3.8) is 0 Å². The molecule has 1 unspecified atom stereocenters. The Balaban J connectivity index is 1.86. The van der Waals surface area contributed by atoms with Crippen molar-refractivity contribution in [2.75, 3.05) is 33.2 Å². The molecule has 0 aliphatic carbocycles. The number of carbonyl (C=O) groups is 2. The van der Waals surface area contributed by atoms with Gasteiger partial charge in [-0.2, -0.15) is 0 Å². The summed E-state index contributed by atoms with van der Waals surface area (Å²) in [5.74, 6) is -0.566. The highest BCUT2D eigenvalue weighted by atomic mass is 16.4. The number of likely N-dealkylation sites (N-methyl/N-ethyl adjacent to an activating group) is 1. The van der Waals surface area contributed by atoms with Crippen LogP contribution in [-0.4, -0.2) is 72.1 Å². The van der Waals surface area contributed by atoms with Crippen molar-refractivity contribution in [1.82, 2.24) is 15.1 Å². The zero-order valence-electron chi connectivity index (χ0n) is 11.5. The van der Waals surface area contributed by atoms with E-state index in [1.807, 2.05) is 4.90 Å². The van der Waals surface area contributed by atoms with Gasteiger partial charge in [-0.15, -0.1) is 0 Å². The summed E-state index contributed by atoms with van der Waals surface area (Å²) in [6, 6.07) is 0.00629. The summed E-state index contributed by atoms with van der Waals surface area (Å²) in [6.45, 7) is 2.75. The molecule has 2 fully saturated rings. The number of aliphatic carboxylic acids is 1. The number of nitrogens with zero attached hydrogens (tertiary/aromatic N) is 2. The van der Waals surface area contributed by atoms with E-state index in [4.69, 9.17) is 0 Å². The molecule has 6 heteroatoms. The lowest BCUT2D eigenvalue weighted by atomic mass is 10.0. The number of nitrogens with one attached hydrogen (secondary N) is 1. The van der Waals surface area contributed by atoms with Crippen LogP contribution in [0.4, 0.5) is 0 Å². The topological polar surface area (TPSA) is 72.9 Å². The van der Waals surface area contributed by atoms with Crippen LogP contribution in [0.2, 0.25) is 0 Å². The van der Waals surface area contributed by atoms with Gasteiger partial charge < -0.3 is 15.3 Å². The number of hydrogen-bond donors (Lipinski definition) is 2. The summed E-state index contributed by atoms with van der Waals surface area (Å²) in [4.78, 5) is 27.0. The van der Waals surface area contributed by atoms with Gasteiger partial charge in [-0.05, 0) is 39.3 Å². The van der Waals surface area contributed by atoms with Crippen molar-refractivity contribution in [2.24, 2.45) is 0 Å². The van der Waals surface area contributed by atoms with Crippen LogP contribution in [0.3, 0.4) is 0 Å². The van der Waals surface area contributed by atoms with Gasteiger partial charge in [0, 0.05) is 19.1 Å². The molecule has 2 aliphatic heterocycles. The summed E-state index contributed by atoms with van der Waals surface area (Å²) in [6.07, 6.45) is 3.50. The van der Waals surface area contributed by atoms with E-state index in [9.17, 15) is 14.7 Å². The lowest BCUT2D eigenvalue weighted by Gasteiger charge is -2.38. The third-order valence-corrected chi connectivity index (χ3v) is 4.19. The zero-order valence-corrected chi connectivity index (χ0v) is 11.5. The van der Waals surface area contributed by atoms with E-state index in [2.05, 4.69) is 10.2 Å². The highest BCUT2D eigenvalue weighted by Crippen LogP contribution is 2.26. The zero-order chi connectivity index (χ0) is 13.8. The molecule has 19 heavy (non-hydrogen) atoms. The number of carboxylic acid groups (broad SMARTS) is 1. The largest absolute Gasteiger partial charge is 0.480 e. The van der Waals surface area contributed by atoms with Crippen LogP contribution >= 0.6 is 0 Å². The van der Waals surface area contributed by atoms with Gasteiger partial charge in [-0.25, -0.2) is 0 Å². The maximum absolute atomic E-state index is 11.8. The molecule has 0 radical (unpaired) electrons. The van der Waals surface area contributed by atoms with E-state index in [1.54, 1.807) is 7.05 Å².